The summed E-state index contributed by atoms with van der Waals surface area (Å²) < 4.78 is 2.00. The summed E-state index contributed by atoms with van der Waals surface area (Å²) in [6.45, 7) is 4.33. The van der Waals surface area contributed by atoms with Crippen LogP contribution in [0.5, 0.6) is 0 Å². The van der Waals surface area contributed by atoms with Gasteiger partial charge in [-0.05, 0) is 18.9 Å². The number of thiazole rings is 1. The molecule has 0 spiro atoms. The number of hydrogen-bond donors (Lipinski definition) is 1. The van der Waals surface area contributed by atoms with Gasteiger partial charge in [0.1, 0.15) is 6.10 Å². The number of aliphatic hydroxyl groups is 1. The van der Waals surface area contributed by atoms with Crippen molar-refractivity contribution in [3.8, 4) is 0 Å². The zero-order valence-corrected chi connectivity index (χ0v) is 11.6. The fourth-order valence-electron chi connectivity index (χ4n) is 2.04. The van der Waals surface area contributed by atoms with Crippen LogP contribution in [0.1, 0.15) is 50.2 Å². The van der Waals surface area contributed by atoms with Crippen LogP contribution in [-0.2, 0) is 6.42 Å². The Kier molecular flexibility index (Phi) is 4.49. The lowest BCUT2D eigenvalue weighted by Crippen LogP contribution is -2.09. The van der Waals surface area contributed by atoms with E-state index in [4.69, 9.17) is 0 Å². The van der Waals surface area contributed by atoms with E-state index in [2.05, 4.69) is 23.9 Å². The van der Waals surface area contributed by atoms with Gasteiger partial charge in [-0.3, -0.25) is 4.68 Å². The molecule has 0 amide bonds. The van der Waals surface area contributed by atoms with E-state index >= 15 is 0 Å². The second-order valence-electron chi connectivity index (χ2n) is 4.39. The van der Waals surface area contributed by atoms with Crippen molar-refractivity contribution < 1.29 is 5.11 Å². The van der Waals surface area contributed by atoms with Gasteiger partial charge in [-0.2, -0.15) is 5.10 Å². The molecule has 0 aliphatic carbocycles. The molecular weight excluding hydrogens is 246 g/mol. The van der Waals surface area contributed by atoms with E-state index in [0.29, 0.717) is 12.5 Å². The average molecular weight is 265 g/mol. The zero-order valence-electron chi connectivity index (χ0n) is 10.8. The zero-order chi connectivity index (χ0) is 13.0. The first-order valence-corrected chi connectivity index (χ1v) is 7.29. The number of nitrogens with zero attached hydrogens (tertiary/aromatic N) is 3. The summed E-state index contributed by atoms with van der Waals surface area (Å²) in [5.74, 6) is 0. The lowest BCUT2D eigenvalue weighted by Gasteiger charge is -2.12. The van der Waals surface area contributed by atoms with Crippen molar-refractivity contribution in [1.29, 1.82) is 0 Å². The van der Waals surface area contributed by atoms with Crippen LogP contribution >= 0.6 is 11.3 Å². The van der Waals surface area contributed by atoms with Gasteiger partial charge in [-0.15, -0.1) is 11.3 Å². The molecule has 18 heavy (non-hydrogen) atoms. The van der Waals surface area contributed by atoms with Crippen molar-refractivity contribution in [3.63, 3.8) is 0 Å². The molecule has 0 saturated heterocycles. The predicted octanol–water partition coefficient (Wildman–Crippen LogP) is 2.98. The summed E-state index contributed by atoms with van der Waals surface area (Å²) in [4.78, 5) is 4.12. The maximum atomic E-state index is 10.0. The van der Waals surface area contributed by atoms with Gasteiger partial charge in [0.25, 0.3) is 0 Å². The lowest BCUT2D eigenvalue weighted by molar-refractivity contribution is 0.172. The third-order valence-electron chi connectivity index (χ3n) is 3.18. The van der Waals surface area contributed by atoms with Crippen molar-refractivity contribution >= 4 is 11.3 Å². The van der Waals surface area contributed by atoms with Crippen LogP contribution in [0.15, 0.2) is 23.2 Å². The molecule has 0 aromatic carbocycles. The lowest BCUT2D eigenvalue weighted by atomic mass is 10.1. The summed E-state index contributed by atoms with van der Waals surface area (Å²) in [7, 11) is 0. The minimum Gasteiger partial charge on any atom is -0.386 e. The van der Waals surface area contributed by atoms with Crippen LogP contribution < -0.4 is 0 Å². The van der Waals surface area contributed by atoms with E-state index in [0.717, 1.165) is 24.2 Å². The van der Waals surface area contributed by atoms with Crippen LogP contribution in [0.25, 0.3) is 0 Å². The largest absolute Gasteiger partial charge is 0.386 e. The third-order valence-corrected chi connectivity index (χ3v) is 3.78. The molecule has 0 aliphatic rings. The highest BCUT2D eigenvalue weighted by Gasteiger charge is 2.14. The summed E-state index contributed by atoms with van der Waals surface area (Å²) in [5.41, 5.74) is 3.39. The van der Waals surface area contributed by atoms with Crippen LogP contribution in [0.3, 0.4) is 0 Å². The van der Waals surface area contributed by atoms with E-state index in [1.165, 1.54) is 11.3 Å². The summed E-state index contributed by atoms with van der Waals surface area (Å²) in [6.07, 6.45) is 4.12. The van der Waals surface area contributed by atoms with E-state index in [1.807, 2.05) is 22.3 Å². The van der Waals surface area contributed by atoms with Gasteiger partial charge in [0.05, 0.1) is 22.9 Å². The van der Waals surface area contributed by atoms with E-state index in [1.54, 1.807) is 5.51 Å². The number of aliphatic hydroxyl groups excluding tert-OH is 1. The molecule has 2 aromatic heterocycles. The van der Waals surface area contributed by atoms with Crippen molar-refractivity contribution in [2.45, 2.75) is 45.3 Å². The predicted molar refractivity (Wildman–Crippen MR) is 72.6 cm³/mol. The maximum absolute atomic E-state index is 10.0. The normalized spacial score (nSPS) is 13.1. The molecule has 0 radical (unpaired) electrons. The fraction of sp³-hybridized carbons (Fsp3) is 0.538. The highest BCUT2D eigenvalue weighted by atomic mass is 32.1. The van der Waals surface area contributed by atoms with Gasteiger partial charge in [-0.25, -0.2) is 4.98 Å². The SMILES string of the molecule is CCC(CC)n1ccc(CC(O)c2cscn2)n1. The Morgan fingerprint density at radius 2 is 2.17 bits per heavy atom. The molecule has 98 valence electrons. The van der Waals surface area contributed by atoms with Gasteiger partial charge in [-0.1, -0.05) is 13.8 Å². The Hall–Kier alpha value is -1.20. The monoisotopic (exact) mass is 265 g/mol. The average Bonchev–Trinajstić information content (AvgIpc) is 3.01. The molecule has 1 N–H and O–H groups in total. The van der Waals surface area contributed by atoms with E-state index < -0.39 is 6.10 Å². The van der Waals surface area contributed by atoms with Gasteiger partial charge < -0.3 is 5.11 Å². The van der Waals surface area contributed by atoms with Gasteiger partial charge in [0, 0.05) is 18.0 Å². The van der Waals surface area contributed by atoms with Gasteiger partial charge >= 0.3 is 0 Å². The first-order chi connectivity index (χ1) is 8.74. The molecular formula is C13H19N3OS. The van der Waals surface area contributed by atoms with Crippen LogP contribution in [-0.4, -0.2) is 19.9 Å². The summed E-state index contributed by atoms with van der Waals surface area (Å²) >= 11 is 1.50. The highest BCUT2D eigenvalue weighted by Crippen LogP contribution is 2.19. The third kappa shape index (κ3) is 2.97. The molecule has 1 atom stereocenters. The Morgan fingerprint density at radius 1 is 1.39 bits per heavy atom. The first-order valence-electron chi connectivity index (χ1n) is 6.34. The fourth-order valence-corrected chi connectivity index (χ4v) is 2.64. The number of hydrogen-bond acceptors (Lipinski definition) is 4. The molecule has 2 heterocycles. The van der Waals surface area contributed by atoms with Crippen LogP contribution in [0.2, 0.25) is 0 Å². The Labute approximate surface area is 111 Å². The Morgan fingerprint density at radius 3 is 2.78 bits per heavy atom. The minimum absolute atomic E-state index is 0.454. The number of rotatable bonds is 6. The molecule has 0 bridgehead atoms. The van der Waals surface area contributed by atoms with Crippen molar-refractivity contribution in [3.05, 3.63) is 34.5 Å². The maximum Gasteiger partial charge on any atom is 0.102 e. The second-order valence-corrected chi connectivity index (χ2v) is 5.11. The van der Waals surface area contributed by atoms with Crippen molar-refractivity contribution in [2.24, 2.45) is 0 Å². The Bertz CT molecular complexity index is 462. The smallest absolute Gasteiger partial charge is 0.102 e. The first kappa shape index (κ1) is 13.2. The Balaban J connectivity index is 2.02. The van der Waals surface area contributed by atoms with Crippen molar-refractivity contribution in [1.82, 2.24) is 14.8 Å². The minimum atomic E-state index is -0.554. The second kappa shape index (κ2) is 6.11. The van der Waals surface area contributed by atoms with E-state index in [-0.39, 0.29) is 0 Å². The molecule has 4 nitrogen and oxygen atoms in total. The molecule has 1 unspecified atom stereocenters. The molecule has 2 rings (SSSR count). The van der Waals surface area contributed by atoms with Gasteiger partial charge in [0.2, 0.25) is 0 Å². The van der Waals surface area contributed by atoms with Crippen molar-refractivity contribution in [2.75, 3.05) is 0 Å². The molecule has 0 saturated carbocycles. The topological polar surface area (TPSA) is 50.9 Å². The molecule has 5 heteroatoms. The molecule has 2 aromatic rings. The highest BCUT2D eigenvalue weighted by molar-refractivity contribution is 7.07. The molecule has 0 fully saturated rings. The van der Waals surface area contributed by atoms with E-state index in [9.17, 15) is 5.11 Å². The molecule has 0 aliphatic heterocycles. The standard InChI is InChI=1S/C13H19N3OS/c1-3-11(4-2)16-6-5-10(15-16)7-13(17)12-8-18-9-14-12/h5-6,8-9,11,13,17H,3-4,7H2,1-2H3. The van der Waals surface area contributed by atoms with Gasteiger partial charge in [0.15, 0.2) is 0 Å². The quantitative estimate of drug-likeness (QED) is 0.873. The number of aromatic nitrogens is 3. The van der Waals surface area contributed by atoms with Crippen LogP contribution in [0, 0.1) is 0 Å². The van der Waals surface area contributed by atoms with Crippen LogP contribution in [0.4, 0.5) is 0 Å². The summed E-state index contributed by atoms with van der Waals surface area (Å²) in [6, 6.07) is 2.43. The summed E-state index contributed by atoms with van der Waals surface area (Å²) in [5, 5.41) is 16.4.